The summed E-state index contributed by atoms with van der Waals surface area (Å²) in [5.74, 6) is 0.851. The van der Waals surface area contributed by atoms with Crippen molar-refractivity contribution in [3.05, 3.63) is 18.5 Å². The Bertz CT molecular complexity index is 493. The molecule has 0 spiro atoms. The molecule has 2 aliphatic heterocycles. The number of carbonyl (C=O) groups excluding carboxylic acids is 1. The lowest BCUT2D eigenvalue weighted by molar-refractivity contribution is -0.143. The van der Waals surface area contributed by atoms with Crippen molar-refractivity contribution in [2.75, 3.05) is 38.7 Å². The van der Waals surface area contributed by atoms with Crippen LogP contribution < -0.4 is 4.90 Å². The quantitative estimate of drug-likeness (QED) is 0.789. The molecule has 2 fully saturated rings. The van der Waals surface area contributed by atoms with Gasteiger partial charge in [0.25, 0.3) is 0 Å². The van der Waals surface area contributed by atoms with E-state index in [4.69, 9.17) is 4.74 Å². The molecule has 0 unspecified atom stereocenters. The highest BCUT2D eigenvalue weighted by Crippen LogP contribution is 2.42. The topological polar surface area (TPSA) is 58.6 Å². The summed E-state index contributed by atoms with van der Waals surface area (Å²) in [6.45, 7) is 2.13. The summed E-state index contributed by atoms with van der Waals surface area (Å²) in [5, 5.41) is 0. The molecule has 0 bridgehead atoms. The molecule has 2 aliphatic rings. The number of hydrogen-bond donors (Lipinski definition) is 0. The standard InChI is InChI=1S/C14H20N4O2/c1-17(2)12(19)14-5-9-20-11(14)4-8-18(10-14)13-15-6-3-7-16-13/h3,6-7,11H,4-5,8-10H2,1-2H3/t11-,14-/m1/s1. The molecule has 1 aromatic rings. The number of anilines is 1. The first-order valence-corrected chi connectivity index (χ1v) is 6.99. The first kappa shape index (κ1) is 13.3. The third kappa shape index (κ3) is 2.04. The minimum atomic E-state index is -0.444. The highest BCUT2D eigenvalue weighted by molar-refractivity contribution is 5.84. The number of hydrogen-bond acceptors (Lipinski definition) is 5. The maximum absolute atomic E-state index is 12.7. The highest BCUT2D eigenvalue weighted by atomic mass is 16.5. The third-order valence-electron chi connectivity index (χ3n) is 4.28. The van der Waals surface area contributed by atoms with Crippen LogP contribution in [0.15, 0.2) is 18.5 Å². The van der Waals surface area contributed by atoms with E-state index < -0.39 is 5.41 Å². The molecular formula is C14H20N4O2. The molecule has 2 saturated heterocycles. The maximum Gasteiger partial charge on any atom is 0.232 e. The van der Waals surface area contributed by atoms with Gasteiger partial charge in [-0.15, -0.1) is 0 Å². The molecule has 0 aromatic carbocycles. The molecule has 0 radical (unpaired) electrons. The summed E-state index contributed by atoms with van der Waals surface area (Å²) in [7, 11) is 3.62. The van der Waals surface area contributed by atoms with Crippen molar-refractivity contribution in [3.63, 3.8) is 0 Å². The number of carbonyl (C=O) groups is 1. The second-order valence-corrected chi connectivity index (χ2v) is 5.72. The van der Waals surface area contributed by atoms with E-state index in [-0.39, 0.29) is 12.0 Å². The van der Waals surface area contributed by atoms with Gasteiger partial charge in [-0.25, -0.2) is 9.97 Å². The zero-order chi connectivity index (χ0) is 14.2. The molecule has 1 aromatic heterocycles. The van der Waals surface area contributed by atoms with Crippen LogP contribution in [0.2, 0.25) is 0 Å². The van der Waals surface area contributed by atoms with Gasteiger partial charge in [-0.3, -0.25) is 4.79 Å². The molecule has 3 rings (SSSR count). The van der Waals surface area contributed by atoms with Crippen molar-refractivity contribution in [3.8, 4) is 0 Å². The molecule has 0 aliphatic carbocycles. The van der Waals surface area contributed by atoms with Crippen molar-refractivity contribution in [1.82, 2.24) is 14.9 Å². The Kier molecular flexibility index (Phi) is 3.33. The van der Waals surface area contributed by atoms with Crippen molar-refractivity contribution in [2.45, 2.75) is 18.9 Å². The van der Waals surface area contributed by atoms with Crippen LogP contribution in [0.1, 0.15) is 12.8 Å². The third-order valence-corrected chi connectivity index (χ3v) is 4.28. The van der Waals surface area contributed by atoms with E-state index in [0.29, 0.717) is 19.1 Å². The molecule has 20 heavy (non-hydrogen) atoms. The van der Waals surface area contributed by atoms with Crippen LogP contribution in [0, 0.1) is 5.41 Å². The van der Waals surface area contributed by atoms with Crippen molar-refractivity contribution >= 4 is 11.9 Å². The fourth-order valence-corrected chi connectivity index (χ4v) is 3.32. The average molecular weight is 276 g/mol. The second kappa shape index (κ2) is 5.01. The summed E-state index contributed by atoms with van der Waals surface area (Å²) >= 11 is 0. The van der Waals surface area contributed by atoms with Gasteiger partial charge in [-0.1, -0.05) is 0 Å². The number of fused-ring (bicyclic) bond motifs is 1. The first-order valence-electron chi connectivity index (χ1n) is 6.99. The highest BCUT2D eigenvalue weighted by Gasteiger charge is 2.54. The molecule has 2 atom stereocenters. The number of amides is 1. The van der Waals surface area contributed by atoms with Crippen molar-refractivity contribution in [1.29, 1.82) is 0 Å². The van der Waals surface area contributed by atoms with E-state index in [2.05, 4.69) is 14.9 Å². The predicted molar refractivity (Wildman–Crippen MR) is 74.3 cm³/mol. The number of aromatic nitrogens is 2. The average Bonchev–Trinajstić information content (AvgIpc) is 2.91. The summed E-state index contributed by atoms with van der Waals surface area (Å²) in [6.07, 6.45) is 5.12. The Labute approximate surface area is 118 Å². The zero-order valence-corrected chi connectivity index (χ0v) is 12.0. The van der Waals surface area contributed by atoms with Crippen LogP contribution in [0.5, 0.6) is 0 Å². The Morgan fingerprint density at radius 1 is 1.45 bits per heavy atom. The van der Waals surface area contributed by atoms with Gasteiger partial charge in [0.1, 0.15) is 0 Å². The van der Waals surface area contributed by atoms with Crippen molar-refractivity contribution in [2.24, 2.45) is 5.41 Å². The largest absolute Gasteiger partial charge is 0.377 e. The van der Waals surface area contributed by atoms with Gasteiger partial charge in [0.05, 0.1) is 11.5 Å². The van der Waals surface area contributed by atoms with Crippen LogP contribution in [-0.4, -0.2) is 60.7 Å². The minimum Gasteiger partial charge on any atom is -0.377 e. The fourth-order valence-electron chi connectivity index (χ4n) is 3.32. The smallest absolute Gasteiger partial charge is 0.232 e. The molecular weight excluding hydrogens is 256 g/mol. The van der Waals surface area contributed by atoms with E-state index in [1.807, 2.05) is 14.1 Å². The zero-order valence-electron chi connectivity index (χ0n) is 12.0. The Morgan fingerprint density at radius 3 is 2.90 bits per heavy atom. The lowest BCUT2D eigenvalue weighted by atomic mass is 9.75. The van der Waals surface area contributed by atoms with Crippen LogP contribution in [0.3, 0.4) is 0 Å². The summed E-state index contributed by atoms with van der Waals surface area (Å²) in [6, 6.07) is 1.80. The van der Waals surface area contributed by atoms with Gasteiger partial charge < -0.3 is 14.5 Å². The van der Waals surface area contributed by atoms with Gasteiger partial charge in [0, 0.05) is 46.2 Å². The van der Waals surface area contributed by atoms with Crippen molar-refractivity contribution < 1.29 is 9.53 Å². The monoisotopic (exact) mass is 276 g/mol. The normalized spacial score (nSPS) is 29.1. The second-order valence-electron chi connectivity index (χ2n) is 5.72. The number of rotatable bonds is 2. The summed E-state index contributed by atoms with van der Waals surface area (Å²) < 4.78 is 5.80. The Morgan fingerprint density at radius 2 is 2.20 bits per heavy atom. The van der Waals surface area contributed by atoms with E-state index in [9.17, 15) is 4.79 Å². The number of piperidine rings is 1. The van der Waals surface area contributed by atoms with Crippen LogP contribution >= 0.6 is 0 Å². The van der Waals surface area contributed by atoms with Crippen LogP contribution in [-0.2, 0) is 9.53 Å². The van der Waals surface area contributed by atoms with Crippen LogP contribution in [0.4, 0.5) is 5.95 Å². The Hall–Kier alpha value is -1.69. The fraction of sp³-hybridized carbons (Fsp3) is 0.643. The lowest BCUT2D eigenvalue weighted by Crippen LogP contribution is -2.57. The molecule has 6 nitrogen and oxygen atoms in total. The number of nitrogens with zero attached hydrogens (tertiary/aromatic N) is 4. The molecule has 1 amide bonds. The summed E-state index contributed by atoms with van der Waals surface area (Å²) in [5.41, 5.74) is -0.444. The Balaban J connectivity index is 1.89. The lowest BCUT2D eigenvalue weighted by Gasteiger charge is -2.43. The minimum absolute atomic E-state index is 0.0253. The van der Waals surface area contributed by atoms with E-state index in [0.717, 1.165) is 19.4 Å². The predicted octanol–water partition coefficient (Wildman–Crippen LogP) is 0.550. The van der Waals surface area contributed by atoms with E-state index in [1.54, 1.807) is 23.4 Å². The van der Waals surface area contributed by atoms with Crippen LogP contribution in [0.25, 0.3) is 0 Å². The van der Waals surface area contributed by atoms with Gasteiger partial charge >= 0.3 is 0 Å². The molecule has 0 saturated carbocycles. The van der Waals surface area contributed by atoms with E-state index in [1.165, 1.54) is 0 Å². The molecule has 6 heteroatoms. The van der Waals surface area contributed by atoms with Gasteiger partial charge in [-0.05, 0) is 18.9 Å². The summed E-state index contributed by atoms with van der Waals surface area (Å²) in [4.78, 5) is 25.0. The maximum atomic E-state index is 12.7. The SMILES string of the molecule is CN(C)C(=O)[C@@]12CCO[C@@H]1CCN(c1ncccn1)C2. The first-order chi connectivity index (χ1) is 9.63. The van der Waals surface area contributed by atoms with E-state index >= 15 is 0 Å². The van der Waals surface area contributed by atoms with Gasteiger partial charge in [0.2, 0.25) is 11.9 Å². The van der Waals surface area contributed by atoms with Gasteiger partial charge in [0.15, 0.2) is 0 Å². The molecule has 0 N–H and O–H groups in total. The molecule has 108 valence electrons. The molecule has 3 heterocycles. The number of ether oxygens (including phenoxy) is 1. The van der Waals surface area contributed by atoms with Gasteiger partial charge in [-0.2, -0.15) is 0 Å².